The van der Waals surface area contributed by atoms with Crippen LogP contribution in [0.25, 0.3) is 5.65 Å². The molecular weight excluding hydrogens is 566 g/mol. The molecule has 1 fully saturated rings. The van der Waals surface area contributed by atoms with Crippen molar-refractivity contribution in [3.05, 3.63) is 88.9 Å². The molecule has 10 heteroatoms. The van der Waals surface area contributed by atoms with E-state index in [1.807, 2.05) is 42.6 Å². The number of ether oxygens (including phenoxy) is 1. The van der Waals surface area contributed by atoms with Crippen molar-refractivity contribution in [1.29, 1.82) is 0 Å². The second kappa shape index (κ2) is 11.8. The molecule has 0 spiro atoms. The van der Waals surface area contributed by atoms with Crippen molar-refractivity contribution in [2.24, 2.45) is 0 Å². The predicted octanol–water partition coefficient (Wildman–Crippen LogP) is 6.10. The number of aromatic nitrogens is 3. The molecule has 0 saturated carbocycles. The third kappa shape index (κ3) is 5.99. The molecule has 4 aromatic rings. The van der Waals surface area contributed by atoms with Crippen LogP contribution in [-0.4, -0.2) is 52.1 Å². The summed E-state index contributed by atoms with van der Waals surface area (Å²) < 4.78 is 8.68. The molecular formula is C35H43N7O3. The first-order chi connectivity index (χ1) is 21.5. The fraction of sp³-hybridized carbons (Fsp3) is 0.429. The standard InChI is InChI=1S/C35H43N7O3/c1-34(2,3)23-18-22(31(43)36-5)19-24(20-23)37-33(44)38-28-13-14-29(27-11-8-7-10-26(27)28)45-25-12-15-30-39-40-32(42(30)21-25)35(4)16-9-17-41(35)6/h7-8,10-12,15,18-21,28-29H,9,13-14,16-17H2,1-6H3,(H,36,43)(H2,37,38,44)/t28-,29+,35?/m0/s1. The molecule has 1 unspecified atom stereocenters. The fourth-order valence-corrected chi connectivity index (χ4v) is 6.61. The number of urea groups is 1. The highest BCUT2D eigenvalue weighted by Gasteiger charge is 2.40. The van der Waals surface area contributed by atoms with E-state index in [1.165, 1.54) is 0 Å². The summed E-state index contributed by atoms with van der Waals surface area (Å²) in [4.78, 5) is 28.1. The number of rotatable bonds is 6. The molecule has 2 aromatic heterocycles. The Labute approximate surface area is 264 Å². The molecule has 0 bridgehead atoms. The zero-order valence-corrected chi connectivity index (χ0v) is 27.0. The molecule has 1 saturated heterocycles. The second-order valence-electron chi connectivity index (χ2n) is 13.5. The molecule has 3 atom stereocenters. The third-order valence-electron chi connectivity index (χ3n) is 9.42. The van der Waals surface area contributed by atoms with Crippen molar-refractivity contribution in [1.82, 2.24) is 30.1 Å². The number of carbonyl (C=O) groups excluding carboxylic acids is 2. The summed E-state index contributed by atoms with van der Waals surface area (Å²) in [7, 11) is 3.74. The monoisotopic (exact) mass is 609 g/mol. The number of carbonyl (C=O) groups is 2. The number of hydrogen-bond donors (Lipinski definition) is 3. The first kappa shape index (κ1) is 30.6. The van der Waals surface area contributed by atoms with Crippen molar-refractivity contribution >= 4 is 23.3 Å². The lowest BCUT2D eigenvalue weighted by Gasteiger charge is -2.32. The maximum absolute atomic E-state index is 13.3. The van der Waals surface area contributed by atoms with Crippen LogP contribution in [0.5, 0.6) is 5.75 Å². The van der Waals surface area contributed by atoms with E-state index in [-0.39, 0.29) is 35.0 Å². The van der Waals surface area contributed by atoms with Crippen molar-refractivity contribution in [3.63, 3.8) is 0 Å². The van der Waals surface area contributed by atoms with E-state index in [9.17, 15) is 9.59 Å². The van der Waals surface area contributed by atoms with Gasteiger partial charge in [0.1, 0.15) is 11.9 Å². The van der Waals surface area contributed by atoms with Crippen LogP contribution in [0.4, 0.5) is 10.5 Å². The Morgan fingerprint density at radius 2 is 1.80 bits per heavy atom. The van der Waals surface area contributed by atoms with Crippen LogP contribution in [0.2, 0.25) is 0 Å². The number of nitrogens with one attached hydrogen (secondary N) is 3. The van der Waals surface area contributed by atoms with E-state index in [0.717, 1.165) is 59.7 Å². The van der Waals surface area contributed by atoms with Gasteiger partial charge in [-0.25, -0.2) is 4.79 Å². The van der Waals surface area contributed by atoms with Crippen molar-refractivity contribution in [3.8, 4) is 5.75 Å². The Bertz CT molecular complexity index is 1740. The van der Waals surface area contributed by atoms with Crippen molar-refractivity contribution < 1.29 is 14.3 Å². The highest BCUT2D eigenvalue weighted by Crippen LogP contribution is 2.40. The normalized spacial score (nSPS) is 21.7. The molecule has 45 heavy (non-hydrogen) atoms. The number of nitrogens with zero attached hydrogens (tertiary/aromatic N) is 4. The van der Waals surface area contributed by atoms with E-state index < -0.39 is 0 Å². The van der Waals surface area contributed by atoms with Crippen LogP contribution in [0, 0.1) is 0 Å². The summed E-state index contributed by atoms with van der Waals surface area (Å²) in [6.45, 7) is 9.50. The Kier molecular flexibility index (Phi) is 8.03. The van der Waals surface area contributed by atoms with E-state index >= 15 is 0 Å². The molecule has 0 radical (unpaired) electrons. The molecule has 3 N–H and O–H groups in total. The van der Waals surface area contributed by atoms with Gasteiger partial charge >= 0.3 is 6.03 Å². The number of pyridine rings is 1. The smallest absolute Gasteiger partial charge is 0.319 e. The number of hydrogen-bond acceptors (Lipinski definition) is 6. The van der Waals surface area contributed by atoms with Gasteiger partial charge in [0, 0.05) is 18.3 Å². The fourth-order valence-electron chi connectivity index (χ4n) is 6.61. The summed E-state index contributed by atoms with van der Waals surface area (Å²) in [5.41, 5.74) is 4.56. The van der Waals surface area contributed by atoms with Gasteiger partial charge in [0.25, 0.3) is 5.91 Å². The molecule has 2 aromatic carbocycles. The van der Waals surface area contributed by atoms with E-state index in [4.69, 9.17) is 4.74 Å². The molecule has 1 aliphatic heterocycles. The lowest BCUT2D eigenvalue weighted by Crippen LogP contribution is -2.37. The molecule has 10 nitrogen and oxygen atoms in total. The Morgan fingerprint density at radius 3 is 2.51 bits per heavy atom. The molecule has 2 aliphatic rings. The van der Waals surface area contributed by atoms with E-state index in [1.54, 1.807) is 13.1 Å². The molecule has 236 valence electrons. The maximum atomic E-state index is 13.3. The van der Waals surface area contributed by atoms with Gasteiger partial charge in [-0.3, -0.25) is 14.1 Å². The number of anilines is 1. The van der Waals surface area contributed by atoms with Gasteiger partial charge in [-0.2, -0.15) is 0 Å². The van der Waals surface area contributed by atoms with Gasteiger partial charge in [-0.1, -0.05) is 45.0 Å². The minimum absolute atomic E-state index is 0.164. The minimum atomic E-state index is -0.320. The maximum Gasteiger partial charge on any atom is 0.319 e. The summed E-state index contributed by atoms with van der Waals surface area (Å²) in [5.74, 6) is 1.48. The van der Waals surface area contributed by atoms with Crippen LogP contribution >= 0.6 is 0 Å². The van der Waals surface area contributed by atoms with Crippen molar-refractivity contribution in [2.45, 2.75) is 76.5 Å². The summed E-state index contributed by atoms with van der Waals surface area (Å²) in [5, 5.41) is 17.8. The zero-order chi connectivity index (χ0) is 31.9. The first-order valence-corrected chi connectivity index (χ1v) is 15.7. The lowest BCUT2D eigenvalue weighted by atomic mass is 9.85. The van der Waals surface area contributed by atoms with Gasteiger partial charge in [0.05, 0.1) is 17.8 Å². The Hall–Kier alpha value is -4.44. The van der Waals surface area contributed by atoms with E-state index in [2.05, 4.69) is 82.3 Å². The Balaban J connectivity index is 1.20. The van der Waals surface area contributed by atoms with Gasteiger partial charge in [0.2, 0.25) is 0 Å². The molecule has 1 aliphatic carbocycles. The van der Waals surface area contributed by atoms with Gasteiger partial charge in [0.15, 0.2) is 11.5 Å². The van der Waals surface area contributed by atoms with Crippen LogP contribution in [0.1, 0.15) is 98.4 Å². The quantitative estimate of drug-likeness (QED) is 0.243. The first-order valence-electron chi connectivity index (χ1n) is 15.7. The Morgan fingerprint density at radius 1 is 1.02 bits per heavy atom. The highest BCUT2D eigenvalue weighted by molar-refractivity contribution is 5.97. The number of benzene rings is 2. The minimum Gasteiger partial charge on any atom is -0.484 e. The zero-order valence-electron chi connectivity index (χ0n) is 27.0. The summed E-state index contributed by atoms with van der Waals surface area (Å²) in [6.07, 6.45) is 5.44. The third-order valence-corrected chi connectivity index (χ3v) is 9.42. The van der Waals surface area contributed by atoms with Gasteiger partial charge in [-0.15, -0.1) is 10.2 Å². The van der Waals surface area contributed by atoms with Gasteiger partial charge < -0.3 is 20.7 Å². The predicted molar refractivity (Wildman–Crippen MR) is 175 cm³/mol. The molecule has 6 rings (SSSR count). The number of amides is 3. The van der Waals surface area contributed by atoms with Crippen LogP contribution in [0.15, 0.2) is 60.8 Å². The SMILES string of the molecule is CNC(=O)c1cc(NC(=O)N[C@H]2CC[C@@H](Oc3ccc4nnc(C5(C)CCCN5C)n4c3)c3ccccc32)cc(C(C)(C)C)c1. The topological polar surface area (TPSA) is 113 Å². The number of fused-ring (bicyclic) bond motifs is 2. The van der Waals surface area contributed by atoms with Crippen LogP contribution < -0.4 is 20.7 Å². The summed E-state index contributed by atoms with van der Waals surface area (Å²) in [6, 6.07) is 17.0. The summed E-state index contributed by atoms with van der Waals surface area (Å²) >= 11 is 0. The number of likely N-dealkylation sites (tertiary alicyclic amines) is 1. The van der Waals surface area contributed by atoms with E-state index in [0.29, 0.717) is 17.7 Å². The average Bonchev–Trinajstić information content (AvgIpc) is 3.60. The second-order valence-corrected chi connectivity index (χ2v) is 13.5. The van der Waals surface area contributed by atoms with Crippen molar-refractivity contribution in [2.75, 3.05) is 26.0 Å². The highest BCUT2D eigenvalue weighted by atomic mass is 16.5. The molecule has 3 heterocycles. The largest absolute Gasteiger partial charge is 0.484 e. The van der Waals surface area contributed by atoms with Crippen LogP contribution in [-0.2, 0) is 11.0 Å². The lowest BCUT2D eigenvalue weighted by molar-refractivity contribution is 0.0963. The van der Waals surface area contributed by atoms with Gasteiger partial charge in [-0.05, 0) is 98.6 Å². The van der Waals surface area contributed by atoms with Crippen LogP contribution in [0.3, 0.4) is 0 Å². The molecule has 3 amide bonds. The average molecular weight is 610 g/mol.